The summed E-state index contributed by atoms with van der Waals surface area (Å²) in [4.78, 5) is 0. The van der Waals surface area contributed by atoms with Crippen LogP contribution in [0.25, 0.3) is 0 Å². The lowest BCUT2D eigenvalue weighted by atomic mass is 9.84. The van der Waals surface area contributed by atoms with Gasteiger partial charge in [0.05, 0.1) is 7.11 Å². The van der Waals surface area contributed by atoms with Crippen molar-refractivity contribution < 1.29 is 9.47 Å². The molecule has 4 heteroatoms. The molecule has 20 heavy (non-hydrogen) atoms. The van der Waals surface area contributed by atoms with Crippen LogP contribution in [0, 0.1) is 0 Å². The molecule has 1 aliphatic heterocycles. The highest BCUT2D eigenvalue weighted by atomic mass is 16.5. The molecule has 1 heterocycles. The fourth-order valence-corrected chi connectivity index (χ4v) is 2.52. The van der Waals surface area contributed by atoms with Crippen molar-refractivity contribution in [2.75, 3.05) is 7.11 Å². The lowest BCUT2D eigenvalue weighted by molar-refractivity contribution is 0.235. The molecule has 4 nitrogen and oxygen atoms in total. The molecule has 0 spiro atoms. The van der Waals surface area contributed by atoms with E-state index in [1.807, 2.05) is 24.3 Å². The maximum atomic E-state index is 6.14. The van der Waals surface area contributed by atoms with Gasteiger partial charge < -0.3 is 20.9 Å². The molecule has 0 saturated heterocycles. The Hall–Kier alpha value is -2.62. The molecule has 0 amide bonds. The van der Waals surface area contributed by atoms with E-state index in [-0.39, 0.29) is 11.8 Å². The van der Waals surface area contributed by atoms with Gasteiger partial charge in [0.2, 0.25) is 0 Å². The van der Waals surface area contributed by atoms with Crippen molar-refractivity contribution in [1.82, 2.24) is 0 Å². The number of fused-ring (bicyclic) bond motifs is 1. The van der Waals surface area contributed by atoms with Gasteiger partial charge >= 0.3 is 0 Å². The van der Waals surface area contributed by atoms with Crippen molar-refractivity contribution in [3.63, 3.8) is 0 Å². The summed E-state index contributed by atoms with van der Waals surface area (Å²) in [5.41, 5.74) is 14.5. The first-order valence-corrected chi connectivity index (χ1v) is 6.37. The van der Waals surface area contributed by atoms with Crippen LogP contribution in [-0.2, 0) is 9.47 Å². The summed E-state index contributed by atoms with van der Waals surface area (Å²) in [6.07, 6.45) is 5.59. The van der Waals surface area contributed by atoms with Crippen molar-refractivity contribution in [2.45, 2.75) is 5.92 Å². The van der Waals surface area contributed by atoms with Gasteiger partial charge in [-0.05, 0) is 11.6 Å². The molecule has 4 N–H and O–H groups in total. The molecule has 1 aromatic rings. The van der Waals surface area contributed by atoms with E-state index in [1.54, 1.807) is 13.2 Å². The van der Waals surface area contributed by atoms with Gasteiger partial charge in [0.15, 0.2) is 17.4 Å². The smallest absolute Gasteiger partial charge is 0.193 e. The van der Waals surface area contributed by atoms with Crippen LogP contribution in [0.5, 0.6) is 0 Å². The second-order valence-corrected chi connectivity index (χ2v) is 4.66. The average Bonchev–Trinajstić information content (AvgIpc) is 2.47. The van der Waals surface area contributed by atoms with Crippen LogP contribution in [0.1, 0.15) is 11.5 Å². The highest BCUT2D eigenvalue weighted by Crippen LogP contribution is 2.40. The Morgan fingerprint density at radius 2 is 1.90 bits per heavy atom. The van der Waals surface area contributed by atoms with Crippen LogP contribution in [0.2, 0.25) is 0 Å². The summed E-state index contributed by atoms with van der Waals surface area (Å²) in [5.74, 6) is 1.54. The van der Waals surface area contributed by atoms with Crippen molar-refractivity contribution in [2.24, 2.45) is 11.5 Å². The largest absolute Gasteiger partial charge is 0.493 e. The number of allylic oxidation sites excluding steroid dienone is 4. The third-order valence-corrected chi connectivity index (χ3v) is 3.43. The summed E-state index contributed by atoms with van der Waals surface area (Å²) in [6.45, 7) is 0. The van der Waals surface area contributed by atoms with E-state index in [1.165, 1.54) is 0 Å². The average molecular weight is 268 g/mol. The fraction of sp³-hybridized carbons (Fsp3) is 0.125. The second kappa shape index (κ2) is 4.81. The first-order chi connectivity index (χ1) is 9.70. The van der Waals surface area contributed by atoms with Crippen molar-refractivity contribution in [1.29, 1.82) is 0 Å². The number of hydrogen-bond donors (Lipinski definition) is 2. The zero-order valence-corrected chi connectivity index (χ0v) is 11.2. The van der Waals surface area contributed by atoms with Gasteiger partial charge in [-0.25, -0.2) is 0 Å². The Kier molecular flexibility index (Phi) is 2.99. The molecule has 1 unspecified atom stereocenters. The van der Waals surface area contributed by atoms with Gasteiger partial charge in [0.1, 0.15) is 0 Å². The summed E-state index contributed by atoms with van der Waals surface area (Å²) < 4.78 is 11.0. The zero-order valence-electron chi connectivity index (χ0n) is 11.2. The SMILES string of the molecule is COC1=C2OC(N)=CC(N)=C2C(c2ccccc2)C=C1. The van der Waals surface area contributed by atoms with E-state index in [4.69, 9.17) is 20.9 Å². The van der Waals surface area contributed by atoms with Crippen LogP contribution in [0.3, 0.4) is 0 Å². The maximum Gasteiger partial charge on any atom is 0.193 e. The normalized spacial score (nSPS) is 21.2. The first-order valence-electron chi connectivity index (χ1n) is 6.37. The van der Waals surface area contributed by atoms with Gasteiger partial charge in [-0.2, -0.15) is 0 Å². The zero-order chi connectivity index (χ0) is 14.1. The van der Waals surface area contributed by atoms with E-state index in [2.05, 4.69) is 18.2 Å². The van der Waals surface area contributed by atoms with Crippen LogP contribution < -0.4 is 11.5 Å². The van der Waals surface area contributed by atoms with E-state index >= 15 is 0 Å². The third kappa shape index (κ3) is 1.95. The summed E-state index contributed by atoms with van der Waals surface area (Å²) in [7, 11) is 1.60. The molecule has 1 aromatic carbocycles. The van der Waals surface area contributed by atoms with Crippen molar-refractivity contribution in [3.8, 4) is 0 Å². The number of ether oxygens (including phenoxy) is 2. The minimum absolute atomic E-state index is 0.0365. The van der Waals surface area contributed by atoms with Gasteiger partial charge in [-0.15, -0.1) is 0 Å². The van der Waals surface area contributed by atoms with E-state index < -0.39 is 0 Å². The number of rotatable bonds is 2. The van der Waals surface area contributed by atoms with E-state index in [0.717, 1.165) is 11.1 Å². The Bertz CT molecular complexity index is 654. The quantitative estimate of drug-likeness (QED) is 0.863. The van der Waals surface area contributed by atoms with E-state index in [9.17, 15) is 0 Å². The lowest BCUT2D eigenvalue weighted by Gasteiger charge is -2.29. The minimum atomic E-state index is 0.0365. The number of nitrogens with two attached hydrogens (primary N) is 2. The number of hydrogen-bond acceptors (Lipinski definition) is 4. The van der Waals surface area contributed by atoms with E-state index in [0.29, 0.717) is 17.2 Å². The predicted molar refractivity (Wildman–Crippen MR) is 76.9 cm³/mol. The standard InChI is InChI=1S/C16H16N2O2/c1-19-13-8-7-11(10-5-3-2-4-6-10)15-12(17)9-14(18)20-16(13)15/h2-9,11H,17-18H2,1H3. The third-order valence-electron chi connectivity index (χ3n) is 3.43. The van der Waals surface area contributed by atoms with Crippen molar-refractivity contribution in [3.05, 3.63) is 82.8 Å². The Labute approximate surface area is 117 Å². The molecule has 0 saturated carbocycles. The summed E-state index contributed by atoms with van der Waals surface area (Å²) in [6, 6.07) is 10.1. The topological polar surface area (TPSA) is 70.5 Å². The van der Waals surface area contributed by atoms with Gasteiger partial charge in [-0.1, -0.05) is 36.4 Å². The van der Waals surface area contributed by atoms with Gasteiger partial charge in [-0.3, -0.25) is 0 Å². The Morgan fingerprint density at radius 1 is 1.15 bits per heavy atom. The van der Waals surface area contributed by atoms with Crippen LogP contribution >= 0.6 is 0 Å². The molecule has 1 aliphatic carbocycles. The van der Waals surface area contributed by atoms with Gasteiger partial charge in [0, 0.05) is 23.3 Å². The highest BCUT2D eigenvalue weighted by Gasteiger charge is 2.30. The molecule has 0 radical (unpaired) electrons. The maximum absolute atomic E-state index is 6.14. The van der Waals surface area contributed by atoms with Crippen LogP contribution in [-0.4, -0.2) is 7.11 Å². The Balaban J connectivity index is 2.15. The second-order valence-electron chi connectivity index (χ2n) is 4.66. The molecule has 0 bridgehead atoms. The molecule has 2 aliphatic rings. The molecule has 102 valence electrons. The molecule has 0 aromatic heterocycles. The fourth-order valence-electron chi connectivity index (χ4n) is 2.52. The Morgan fingerprint density at radius 3 is 2.60 bits per heavy atom. The van der Waals surface area contributed by atoms with Crippen molar-refractivity contribution >= 4 is 0 Å². The predicted octanol–water partition coefficient (Wildman–Crippen LogP) is 2.24. The summed E-state index contributed by atoms with van der Waals surface area (Å²) in [5, 5.41) is 0. The lowest BCUT2D eigenvalue weighted by Crippen LogP contribution is -2.22. The summed E-state index contributed by atoms with van der Waals surface area (Å²) >= 11 is 0. The highest BCUT2D eigenvalue weighted by molar-refractivity contribution is 5.54. The molecular weight excluding hydrogens is 252 g/mol. The minimum Gasteiger partial charge on any atom is -0.493 e. The van der Waals surface area contributed by atoms with Crippen LogP contribution in [0.15, 0.2) is 77.2 Å². The number of benzene rings is 1. The molecule has 1 atom stereocenters. The van der Waals surface area contributed by atoms with Crippen LogP contribution in [0.4, 0.5) is 0 Å². The first kappa shape index (κ1) is 12.4. The monoisotopic (exact) mass is 268 g/mol. The number of methoxy groups -OCH3 is 1. The molecule has 3 rings (SSSR count). The molecular formula is C16H16N2O2. The molecule has 0 fully saturated rings. The van der Waals surface area contributed by atoms with Gasteiger partial charge in [0.25, 0.3) is 0 Å².